The molecule has 30 heavy (non-hydrogen) atoms. The van der Waals surface area contributed by atoms with E-state index in [4.69, 9.17) is 0 Å². The molecule has 0 aliphatic heterocycles. The lowest BCUT2D eigenvalue weighted by Gasteiger charge is -2.56. The molecule has 0 amide bonds. The highest BCUT2D eigenvalue weighted by Crippen LogP contribution is 2.66. The van der Waals surface area contributed by atoms with Crippen molar-refractivity contribution in [3.05, 3.63) is 23.3 Å². The van der Waals surface area contributed by atoms with Crippen molar-refractivity contribution in [2.24, 2.45) is 28.6 Å². The van der Waals surface area contributed by atoms with Crippen LogP contribution in [0.2, 0.25) is 0 Å². The van der Waals surface area contributed by atoms with Crippen molar-refractivity contribution in [1.29, 1.82) is 0 Å². The summed E-state index contributed by atoms with van der Waals surface area (Å²) in [6.07, 6.45) is 10.8. The van der Waals surface area contributed by atoms with E-state index in [0.717, 1.165) is 18.6 Å². The lowest BCUT2D eigenvalue weighted by Crippen LogP contribution is -2.52. The summed E-state index contributed by atoms with van der Waals surface area (Å²) in [6, 6.07) is 0. The van der Waals surface area contributed by atoms with Gasteiger partial charge < -0.3 is 15.3 Å². The quantitative estimate of drug-likeness (QED) is 0.563. The summed E-state index contributed by atoms with van der Waals surface area (Å²) in [6.45, 7) is 11.0. The van der Waals surface area contributed by atoms with Crippen LogP contribution >= 0.6 is 11.8 Å². The maximum Gasteiger partial charge on any atom is 0.0661 e. The van der Waals surface area contributed by atoms with Crippen LogP contribution in [0.5, 0.6) is 0 Å². The van der Waals surface area contributed by atoms with E-state index >= 15 is 0 Å². The molecule has 4 aliphatic rings. The van der Waals surface area contributed by atoms with Crippen molar-refractivity contribution >= 4 is 11.8 Å². The first kappa shape index (κ1) is 22.9. The van der Waals surface area contributed by atoms with E-state index in [1.165, 1.54) is 24.8 Å². The van der Waals surface area contributed by atoms with Gasteiger partial charge in [0.15, 0.2) is 0 Å². The second-order valence-corrected chi connectivity index (χ2v) is 13.2. The molecule has 0 heterocycles. The van der Waals surface area contributed by atoms with Crippen LogP contribution in [-0.4, -0.2) is 44.1 Å². The number of thioether (sulfide) groups is 1. The molecule has 0 bridgehead atoms. The number of aliphatic hydroxyl groups excluding tert-OH is 2. The minimum Gasteiger partial charge on any atom is -0.393 e. The highest BCUT2D eigenvalue weighted by Gasteiger charge is 2.58. The Kier molecular flexibility index (Phi) is 6.05. The fraction of sp³-hybridized carbons (Fsp3) is 0.846. The Labute approximate surface area is 187 Å². The van der Waals surface area contributed by atoms with Gasteiger partial charge in [0.25, 0.3) is 0 Å². The molecular formula is C26H42O3S. The van der Waals surface area contributed by atoms with Gasteiger partial charge in [-0.15, -0.1) is 0 Å². The molecule has 0 saturated heterocycles. The third-order valence-electron chi connectivity index (χ3n) is 9.38. The minimum absolute atomic E-state index is 0.199. The van der Waals surface area contributed by atoms with Crippen LogP contribution in [0.4, 0.5) is 0 Å². The van der Waals surface area contributed by atoms with E-state index in [-0.39, 0.29) is 5.41 Å². The van der Waals surface area contributed by atoms with Gasteiger partial charge in [-0.2, -0.15) is 11.8 Å². The second kappa shape index (κ2) is 7.93. The zero-order chi connectivity index (χ0) is 21.9. The topological polar surface area (TPSA) is 60.7 Å². The van der Waals surface area contributed by atoms with Gasteiger partial charge in [-0.25, -0.2) is 0 Å². The molecule has 0 aromatic heterocycles. The predicted octanol–water partition coefficient (Wildman–Crippen LogP) is 5.10. The van der Waals surface area contributed by atoms with Crippen LogP contribution in [0.1, 0.15) is 79.6 Å². The Bertz CT molecular complexity index is 722. The molecular weight excluding hydrogens is 392 g/mol. The van der Waals surface area contributed by atoms with Crippen LogP contribution in [0.25, 0.3) is 0 Å². The van der Waals surface area contributed by atoms with E-state index < -0.39 is 17.8 Å². The summed E-state index contributed by atoms with van der Waals surface area (Å²) in [4.78, 5) is 0. The van der Waals surface area contributed by atoms with Crippen molar-refractivity contribution in [1.82, 2.24) is 0 Å². The number of hydrogen-bond acceptors (Lipinski definition) is 4. The van der Waals surface area contributed by atoms with E-state index in [2.05, 4.69) is 32.9 Å². The summed E-state index contributed by atoms with van der Waals surface area (Å²) in [5, 5.41) is 31.9. The first-order valence-corrected chi connectivity index (χ1v) is 13.1. The average Bonchev–Trinajstić information content (AvgIpc) is 2.99. The lowest BCUT2D eigenvalue weighted by molar-refractivity contribution is -0.0526. The second-order valence-electron chi connectivity index (χ2n) is 11.7. The molecule has 3 N–H and O–H groups in total. The molecule has 3 fully saturated rings. The molecule has 1 unspecified atom stereocenters. The third-order valence-corrected chi connectivity index (χ3v) is 10.7. The number of rotatable bonds is 5. The van der Waals surface area contributed by atoms with Crippen molar-refractivity contribution in [2.45, 2.75) is 103 Å². The molecule has 4 heteroatoms. The number of hydrogen-bond donors (Lipinski definition) is 3. The molecule has 3 nitrogen and oxygen atoms in total. The van der Waals surface area contributed by atoms with Crippen molar-refractivity contribution in [3.63, 3.8) is 0 Å². The first-order valence-electron chi connectivity index (χ1n) is 12.1. The van der Waals surface area contributed by atoms with Gasteiger partial charge in [0.05, 0.1) is 17.8 Å². The predicted molar refractivity (Wildman–Crippen MR) is 125 cm³/mol. The number of allylic oxidation sites excluding steroid dienone is 3. The average molecular weight is 435 g/mol. The van der Waals surface area contributed by atoms with Gasteiger partial charge in [0, 0.05) is 17.1 Å². The van der Waals surface area contributed by atoms with Crippen LogP contribution < -0.4 is 0 Å². The Morgan fingerprint density at radius 1 is 1.13 bits per heavy atom. The van der Waals surface area contributed by atoms with Gasteiger partial charge in [-0.05, 0) is 81.3 Å². The summed E-state index contributed by atoms with van der Waals surface area (Å²) in [5.74, 6) is 2.78. The van der Waals surface area contributed by atoms with Crippen LogP contribution in [0, 0.1) is 28.6 Å². The Morgan fingerprint density at radius 2 is 1.87 bits per heavy atom. The zero-order valence-electron chi connectivity index (χ0n) is 19.5. The molecule has 0 aromatic rings. The first-order chi connectivity index (χ1) is 14.0. The summed E-state index contributed by atoms with van der Waals surface area (Å²) < 4.78 is 0. The van der Waals surface area contributed by atoms with Crippen LogP contribution in [-0.2, 0) is 0 Å². The third kappa shape index (κ3) is 3.74. The van der Waals surface area contributed by atoms with Gasteiger partial charge in [0.2, 0.25) is 0 Å². The maximum atomic E-state index is 11.0. The van der Waals surface area contributed by atoms with E-state index in [0.29, 0.717) is 41.3 Å². The van der Waals surface area contributed by atoms with E-state index in [9.17, 15) is 15.3 Å². The molecule has 0 radical (unpaired) electrons. The summed E-state index contributed by atoms with van der Waals surface area (Å²) in [5.41, 5.74) is 2.41. The number of aliphatic hydroxyl groups is 3. The van der Waals surface area contributed by atoms with E-state index in [1.807, 2.05) is 25.6 Å². The van der Waals surface area contributed by atoms with Gasteiger partial charge in [-0.1, -0.05) is 44.1 Å². The van der Waals surface area contributed by atoms with Gasteiger partial charge in [-0.3, -0.25) is 0 Å². The largest absolute Gasteiger partial charge is 0.393 e. The molecule has 3 saturated carbocycles. The highest BCUT2D eigenvalue weighted by molar-refractivity contribution is 7.99. The monoisotopic (exact) mass is 434 g/mol. The molecule has 4 aliphatic carbocycles. The molecule has 4 rings (SSSR count). The molecule has 0 aromatic carbocycles. The van der Waals surface area contributed by atoms with Crippen LogP contribution in [0.3, 0.4) is 0 Å². The van der Waals surface area contributed by atoms with Crippen molar-refractivity contribution < 1.29 is 15.3 Å². The summed E-state index contributed by atoms with van der Waals surface area (Å²) >= 11 is 2.04. The SMILES string of the molecule is CC(SCCC(C)(C)O)[C@H]1CC[C@H]2C3=CC=C4C[C@@H](O)C[C@H](O)[C@]4(C)[C@H]3CC[C@]12C. The standard InChI is InChI=1S/C26H42O3S/c1-16(30-13-12-24(2,3)29)20-8-9-21-19-7-6-17-14-18(27)15-23(28)26(17,5)22(19)10-11-25(20,21)4/h6-7,16,18,20-23,27-29H,8-15H2,1-5H3/t16?,18-,20-,21+,22+,23+,25-,26+/m1/s1. The van der Waals surface area contributed by atoms with Crippen LogP contribution in [0.15, 0.2) is 23.3 Å². The van der Waals surface area contributed by atoms with Crippen molar-refractivity contribution in [3.8, 4) is 0 Å². The highest BCUT2D eigenvalue weighted by atomic mass is 32.2. The Morgan fingerprint density at radius 3 is 2.57 bits per heavy atom. The zero-order valence-corrected chi connectivity index (χ0v) is 20.3. The number of fused-ring (bicyclic) bond motifs is 5. The smallest absolute Gasteiger partial charge is 0.0661 e. The molecule has 170 valence electrons. The Balaban J connectivity index is 1.53. The fourth-order valence-electron chi connectivity index (χ4n) is 7.47. The maximum absolute atomic E-state index is 11.0. The fourth-order valence-corrected chi connectivity index (χ4v) is 9.14. The van der Waals surface area contributed by atoms with Gasteiger partial charge >= 0.3 is 0 Å². The lowest BCUT2D eigenvalue weighted by atomic mass is 9.49. The summed E-state index contributed by atoms with van der Waals surface area (Å²) in [7, 11) is 0. The van der Waals surface area contributed by atoms with Gasteiger partial charge in [0.1, 0.15) is 0 Å². The van der Waals surface area contributed by atoms with E-state index in [1.54, 1.807) is 5.57 Å². The Hall–Kier alpha value is -0.290. The molecule has 8 atom stereocenters. The molecule has 0 spiro atoms. The minimum atomic E-state index is -0.576. The van der Waals surface area contributed by atoms with Crippen molar-refractivity contribution in [2.75, 3.05) is 5.75 Å². The normalized spacial score (nSPS) is 44.5.